The molecule has 1 aromatic carbocycles. The Labute approximate surface area is 87.4 Å². The van der Waals surface area contributed by atoms with Gasteiger partial charge >= 0.3 is 0 Å². The summed E-state index contributed by atoms with van der Waals surface area (Å²) in [5.74, 6) is -0.0970. The molecule has 0 unspecified atom stereocenters. The maximum atomic E-state index is 11.0. The molecule has 0 bridgehead atoms. The van der Waals surface area contributed by atoms with Gasteiger partial charge in [-0.25, -0.2) is 8.42 Å². The third-order valence-corrected chi connectivity index (χ3v) is 3.05. The molecule has 1 aromatic rings. The second kappa shape index (κ2) is 3.86. The fraction of sp³-hybridized carbons (Fsp3) is 0.250. The molecule has 13 heavy (non-hydrogen) atoms. The highest BCUT2D eigenvalue weighted by molar-refractivity contribution is 7.89. The molecule has 0 fully saturated rings. The van der Waals surface area contributed by atoms with Crippen molar-refractivity contribution in [2.75, 3.05) is 6.26 Å². The molecule has 0 aliphatic carbocycles. The van der Waals surface area contributed by atoms with Crippen LogP contribution < -0.4 is 0 Å². The predicted octanol–water partition coefficient (Wildman–Crippen LogP) is 2.34. The summed E-state index contributed by atoms with van der Waals surface area (Å²) in [7, 11) is -3.07. The molecule has 5 heteroatoms. The normalized spacial score (nSPS) is 11.6. The summed E-state index contributed by atoms with van der Waals surface area (Å²) in [6.07, 6.45) is 1.15. The maximum absolute atomic E-state index is 11.0. The molecule has 0 heterocycles. The van der Waals surface area contributed by atoms with Crippen LogP contribution in [0.1, 0.15) is 5.56 Å². The average Bonchev–Trinajstić information content (AvgIpc) is 1.96. The van der Waals surface area contributed by atoms with E-state index < -0.39 is 9.84 Å². The first kappa shape index (κ1) is 10.8. The molecule has 0 spiro atoms. The maximum Gasteiger partial charge on any atom is 0.151 e. The molecular formula is C8H7Cl2O2S. The van der Waals surface area contributed by atoms with Crippen LogP contribution in [0.5, 0.6) is 0 Å². The van der Waals surface area contributed by atoms with E-state index in [1.54, 1.807) is 12.1 Å². The minimum atomic E-state index is -3.07. The Bertz CT molecular complexity index is 412. The Balaban J connectivity index is 3.10. The Kier molecular flexibility index (Phi) is 3.22. The highest BCUT2D eigenvalue weighted by atomic mass is 35.5. The van der Waals surface area contributed by atoms with Crippen LogP contribution in [-0.2, 0) is 15.6 Å². The van der Waals surface area contributed by atoms with E-state index in [0.717, 1.165) is 6.26 Å². The molecule has 0 amide bonds. The molecule has 71 valence electrons. The molecule has 0 aliphatic heterocycles. The van der Waals surface area contributed by atoms with Crippen molar-refractivity contribution >= 4 is 33.0 Å². The van der Waals surface area contributed by atoms with Crippen molar-refractivity contribution < 1.29 is 8.42 Å². The van der Waals surface area contributed by atoms with Crippen LogP contribution >= 0.6 is 23.2 Å². The van der Waals surface area contributed by atoms with Gasteiger partial charge in [0.2, 0.25) is 0 Å². The van der Waals surface area contributed by atoms with Crippen LogP contribution in [0.25, 0.3) is 0 Å². The SMILES string of the molecule is CS(=O)(=O)Cc1cc[c]c(Cl)c1Cl. The summed E-state index contributed by atoms with van der Waals surface area (Å²) in [6, 6.07) is 5.81. The first-order valence-corrected chi connectivity index (χ1v) is 6.24. The van der Waals surface area contributed by atoms with Gasteiger partial charge in [-0.15, -0.1) is 0 Å². The van der Waals surface area contributed by atoms with E-state index in [4.69, 9.17) is 23.2 Å². The van der Waals surface area contributed by atoms with E-state index in [0.29, 0.717) is 5.56 Å². The van der Waals surface area contributed by atoms with Crippen molar-refractivity contribution in [3.63, 3.8) is 0 Å². The Hall–Kier alpha value is -0.250. The summed E-state index contributed by atoms with van der Waals surface area (Å²) in [6.45, 7) is 0. The smallest absolute Gasteiger partial charge is 0.151 e. The monoisotopic (exact) mass is 237 g/mol. The highest BCUT2D eigenvalue weighted by Crippen LogP contribution is 2.26. The minimum absolute atomic E-state index is 0.0970. The largest absolute Gasteiger partial charge is 0.229 e. The molecule has 0 saturated carbocycles. The van der Waals surface area contributed by atoms with E-state index >= 15 is 0 Å². The lowest BCUT2D eigenvalue weighted by atomic mass is 10.2. The van der Waals surface area contributed by atoms with Gasteiger partial charge in [0.1, 0.15) is 0 Å². The van der Waals surface area contributed by atoms with E-state index in [1.807, 2.05) is 0 Å². The summed E-state index contributed by atoms with van der Waals surface area (Å²) in [5.41, 5.74) is 0.507. The van der Waals surface area contributed by atoms with Crippen molar-refractivity contribution in [2.24, 2.45) is 0 Å². The summed E-state index contributed by atoms with van der Waals surface area (Å²) >= 11 is 11.4. The van der Waals surface area contributed by atoms with Crippen LogP contribution in [0.4, 0.5) is 0 Å². The summed E-state index contributed by atoms with van der Waals surface area (Å²) < 4.78 is 21.9. The van der Waals surface area contributed by atoms with E-state index in [9.17, 15) is 8.42 Å². The molecule has 0 aliphatic rings. The molecule has 0 atom stereocenters. The van der Waals surface area contributed by atoms with Crippen LogP contribution in [0.3, 0.4) is 0 Å². The molecule has 2 nitrogen and oxygen atoms in total. The van der Waals surface area contributed by atoms with Gasteiger partial charge in [-0.1, -0.05) is 35.3 Å². The fourth-order valence-corrected chi connectivity index (χ4v) is 2.14. The zero-order chi connectivity index (χ0) is 10.1. The molecule has 0 N–H and O–H groups in total. The standard InChI is InChI=1S/C8H7Cl2O2S/c1-13(11,12)5-6-3-2-4-7(9)8(6)10/h2-3H,5H2,1H3. The van der Waals surface area contributed by atoms with Gasteiger partial charge in [0.25, 0.3) is 0 Å². The van der Waals surface area contributed by atoms with Crippen LogP contribution in [-0.4, -0.2) is 14.7 Å². The zero-order valence-electron chi connectivity index (χ0n) is 6.84. The van der Waals surface area contributed by atoms with Crippen molar-refractivity contribution in [1.29, 1.82) is 0 Å². The second-order valence-corrected chi connectivity index (χ2v) is 5.60. The first-order valence-electron chi connectivity index (χ1n) is 3.42. The van der Waals surface area contributed by atoms with Gasteiger partial charge < -0.3 is 0 Å². The van der Waals surface area contributed by atoms with Gasteiger partial charge in [0.05, 0.1) is 15.8 Å². The highest BCUT2D eigenvalue weighted by Gasteiger charge is 2.10. The van der Waals surface area contributed by atoms with Gasteiger partial charge in [-0.3, -0.25) is 0 Å². The molecule has 0 aromatic heterocycles. The molecule has 0 saturated heterocycles. The number of benzene rings is 1. The third kappa shape index (κ3) is 3.18. The number of rotatable bonds is 2. The number of hydrogen-bond donors (Lipinski definition) is 0. The summed E-state index contributed by atoms with van der Waals surface area (Å²) in [4.78, 5) is 0. The molecule has 1 radical (unpaired) electrons. The van der Waals surface area contributed by atoms with Crippen molar-refractivity contribution in [3.05, 3.63) is 33.8 Å². The second-order valence-electron chi connectivity index (χ2n) is 2.70. The lowest BCUT2D eigenvalue weighted by molar-refractivity contribution is 0.601. The van der Waals surface area contributed by atoms with Crippen molar-refractivity contribution in [3.8, 4) is 0 Å². The Morgan fingerprint density at radius 3 is 2.62 bits per heavy atom. The Morgan fingerprint density at radius 1 is 1.46 bits per heavy atom. The van der Waals surface area contributed by atoms with Gasteiger partial charge in [-0.2, -0.15) is 0 Å². The summed E-state index contributed by atoms with van der Waals surface area (Å²) in [5, 5.41) is 0.511. The minimum Gasteiger partial charge on any atom is -0.229 e. The Morgan fingerprint density at radius 2 is 2.08 bits per heavy atom. The van der Waals surface area contributed by atoms with E-state index in [2.05, 4.69) is 6.07 Å². The van der Waals surface area contributed by atoms with Gasteiger partial charge in [0.15, 0.2) is 9.84 Å². The van der Waals surface area contributed by atoms with Crippen LogP contribution in [0, 0.1) is 6.07 Å². The van der Waals surface area contributed by atoms with Gasteiger partial charge in [-0.05, 0) is 5.56 Å². The molecule has 1 rings (SSSR count). The average molecular weight is 238 g/mol. The van der Waals surface area contributed by atoms with E-state index in [1.165, 1.54) is 0 Å². The van der Waals surface area contributed by atoms with Crippen LogP contribution in [0.15, 0.2) is 12.1 Å². The van der Waals surface area contributed by atoms with Crippen molar-refractivity contribution in [2.45, 2.75) is 5.75 Å². The predicted molar refractivity (Wildman–Crippen MR) is 53.8 cm³/mol. The number of hydrogen-bond acceptors (Lipinski definition) is 2. The van der Waals surface area contributed by atoms with Crippen LogP contribution in [0.2, 0.25) is 10.0 Å². The van der Waals surface area contributed by atoms with Gasteiger partial charge in [0, 0.05) is 12.3 Å². The lowest BCUT2D eigenvalue weighted by Crippen LogP contribution is -2.01. The number of halogens is 2. The van der Waals surface area contributed by atoms with Crippen molar-refractivity contribution in [1.82, 2.24) is 0 Å². The topological polar surface area (TPSA) is 34.1 Å². The van der Waals surface area contributed by atoms with E-state index in [-0.39, 0.29) is 15.8 Å². The number of sulfone groups is 1. The first-order chi connectivity index (χ1) is 5.90. The molecular weight excluding hydrogens is 231 g/mol. The fourth-order valence-electron chi connectivity index (χ4n) is 0.887. The quantitative estimate of drug-likeness (QED) is 0.792. The third-order valence-electron chi connectivity index (χ3n) is 1.39. The zero-order valence-corrected chi connectivity index (χ0v) is 9.17. The lowest BCUT2D eigenvalue weighted by Gasteiger charge is -2.02.